The van der Waals surface area contributed by atoms with Crippen LogP contribution in [0.1, 0.15) is 24.3 Å². The maximum absolute atomic E-state index is 9.62. The molecule has 0 aromatic heterocycles. The summed E-state index contributed by atoms with van der Waals surface area (Å²) >= 11 is 0. The fourth-order valence-corrected chi connectivity index (χ4v) is 1.73. The minimum Gasteiger partial charge on any atom is -0.374 e. The number of benzene rings is 1. The van der Waals surface area contributed by atoms with Crippen molar-refractivity contribution in [3.63, 3.8) is 0 Å². The second-order valence-corrected chi connectivity index (χ2v) is 3.37. The van der Waals surface area contributed by atoms with Crippen LogP contribution < -0.4 is 5.32 Å². The van der Waals surface area contributed by atoms with Gasteiger partial charge in [0, 0.05) is 6.04 Å². The molecule has 2 nitrogen and oxygen atoms in total. The van der Waals surface area contributed by atoms with E-state index in [1.54, 1.807) is 0 Å². The van der Waals surface area contributed by atoms with E-state index in [9.17, 15) is 5.11 Å². The summed E-state index contributed by atoms with van der Waals surface area (Å²) < 4.78 is 0. The van der Waals surface area contributed by atoms with Crippen molar-refractivity contribution in [3.05, 3.63) is 35.4 Å². The Bertz CT molecular complexity index is 285. The molecular weight excluding hydrogens is 150 g/mol. The highest BCUT2D eigenvalue weighted by atomic mass is 16.3. The van der Waals surface area contributed by atoms with Crippen LogP contribution in [0.4, 0.5) is 0 Å². The zero-order chi connectivity index (χ0) is 8.55. The molecule has 2 atom stereocenters. The number of rotatable bonds is 0. The van der Waals surface area contributed by atoms with Gasteiger partial charge < -0.3 is 5.11 Å². The number of fused-ring (bicyclic) bond motifs is 1. The van der Waals surface area contributed by atoms with E-state index in [1.807, 2.05) is 18.2 Å². The lowest BCUT2D eigenvalue weighted by Gasteiger charge is -2.27. The normalized spacial score (nSPS) is 28.2. The number of hydrogen-bond donors (Lipinski definition) is 2. The maximum Gasteiger partial charge on any atom is 0.131 e. The average molecular weight is 163 g/mol. The number of hydrogen-bond acceptors (Lipinski definition) is 2. The zero-order valence-corrected chi connectivity index (χ0v) is 7.12. The van der Waals surface area contributed by atoms with Crippen molar-refractivity contribution >= 4 is 0 Å². The Hall–Kier alpha value is -0.860. The Morgan fingerprint density at radius 1 is 1.42 bits per heavy atom. The largest absolute Gasteiger partial charge is 0.374 e. The minimum atomic E-state index is -0.482. The molecule has 64 valence electrons. The highest BCUT2D eigenvalue weighted by Gasteiger charge is 2.20. The van der Waals surface area contributed by atoms with E-state index in [0.717, 1.165) is 12.0 Å². The van der Waals surface area contributed by atoms with Gasteiger partial charge in [-0.1, -0.05) is 24.3 Å². The molecule has 0 radical (unpaired) electrons. The summed E-state index contributed by atoms with van der Waals surface area (Å²) in [5, 5.41) is 12.7. The molecule has 0 aliphatic carbocycles. The first-order chi connectivity index (χ1) is 5.77. The standard InChI is InChI=1S/C10H13NO/c1-7-6-8-4-2-3-5-9(8)10(12)11-7/h2-5,7,10-12H,6H2,1H3. The Morgan fingerprint density at radius 3 is 3.00 bits per heavy atom. The van der Waals surface area contributed by atoms with E-state index in [4.69, 9.17) is 0 Å². The zero-order valence-electron chi connectivity index (χ0n) is 7.12. The highest BCUT2D eigenvalue weighted by Crippen LogP contribution is 2.22. The van der Waals surface area contributed by atoms with Gasteiger partial charge in [-0.05, 0) is 24.5 Å². The summed E-state index contributed by atoms with van der Waals surface area (Å²) in [6, 6.07) is 8.40. The second kappa shape index (κ2) is 2.88. The van der Waals surface area contributed by atoms with Crippen LogP contribution in [0.15, 0.2) is 24.3 Å². The molecule has 0 amide bonds. The summed E-state index contributed by atoms with van der Waals surface area (Å²) in [6.45, 7) is 2.08. The van der Waals surface area contributed by atoms with Crippen LogP contribution in [0.3, 0.4) is 0 Å². The van der Waals surface area contributed by atoms with E-state index in [2.05, 4.69) is 18.3 Å². The molecule has 1 aromatic rings. The van der Waals surface area contributed by atoms with E-state index in [-0.39, 0.29) is 0 Å². The summed E-state index contributed by atoms with van der Waals surface area (Å²) in [5.41, 5.74) is 2.28. The Balaban J connectivity index is 2.40. The van der Waals surface area contributed by atoms with Gasteiger partial charge >= 0.3 is 0 Å². The van der Waals surface area contributed by atoms with E-state index < -0.39 is 6.23 Å². The molecule has 2 unspecified atom stereocenters. The second-order valence-electron chi connectivity index (χ2n) is 3.37. The summed E-state index contributed by atoms with van der Waals surface area (Å²) in [6.07, 6.45) is 0.526. The first-order valence-corrected chi connectivity index (χ1v) is 4.29. The number of aliphatic hydroxyl groups excluding tert-OH is 1. The Kier molecular flexibility index (Phi) is 1.87. The molecule has 12 heavy (non-hydrogen) atoms. The number of nitrogens with one attached hydrogen (secondary N) is 1. The molecule has 0 spiro atoms. The lowest BCUT2D eigenvalue weighted by molar-refractivity contribution is 0.116. The van der Waals surface area contributed by atoms with Crippen molar-refractivity contribution in [1.82, 2.24) is 5.32 Å². The number of aliphatic hydroxyl groups is 1. The van der Waals surface area contributed by atoms with Crippen LogP contribution in [-0.2, 0) is 6.42 Å². The lowest BCUT2D eigenvalue weighted by Crippen LogP contribution is -2.37. The summed E-state index contributed by atoms with van der Waals surface area (Å²) in [7, 11) is 0. The monoisotopic (exact) mass is 163 g/mol. The maximum atomic E-state index is 9.62. The van der Waals surface area contributed by atoms with E-state index in [1.165, 1.54) is 5.56 Å². The third-order valence-corrected chi connectivity index (χ3v) is 2.32. The SMILES string of the molecule is CC1Cc2ccccc2C(O)N1. The van der Waals surface area contributed by atoms with Crippen molar-refractivity contribution in [1.29, 1.82) is 0 Å². The molecule has 1 aromatic carbocycles. The summed E-state index contributed by atoms with van der Waals surface area (Å²) in [5.74, 6) is 0. The lowest BCUT2D eigenvalue weighted by atomic mass is 9.96. The van der Waals surface area contributed by atoms with Crippen LogP contribution >= 0.6 is 0 Å². The third kappa shape index (κ3) is 1.24. The van der Waals surface area contributed by atoms with E-state index >= 15 is 0 Å². The predicted molar refractivity (Wildman–Crippen MR) is 47.7 cm³/mol. The average Bonchev–Trinajstić information content (AvgIpc) is 2.04. The molecule has 1 aliphatic rings. The molecule has 0 bridgehead atoms. The smallest absolute Gasteiger partial charge is 0.131 e. The van der Waals surface area contributed by atoms with E-state index in [0.29, 0.717) is 6.04 Å². The van der Waals surface area contributed by atoms with Crippen LogP contribution in [-0.4, -0.2) is 11.1 Å². The quantitative estimate of drug-likeness (QED) is 0.602. The van der Waals surface area contributed by atoms with Crippen molar-refractivity contribution in [2.45, 2.75) is 25.6 Å². The Labute approximate surface area is 72.2 Å². The van der Waals surface area contributed by atoms with Crippen molar-refractivity contribution in [2.75, 3.05) is 0 Å². The van der Waals surface area contributed by atoms with Crippen LogP contribution in [0.25, 0.3) is 0 Å². The highest BCUT2D eigenvalue weighted by molar-refractivity contribution is 5.31. The van der Waals surface area contributed by atoms with Crippen molar-refractivity contribution in [2.24, 2.45) is 0 Å². The fourth-order valence-electron chi connectivity index (χ4n) is 1.73. The van der Waals surface area contributed by atoms with Crippen molar-refractivity contribution in [3.8, 4) is 0 Å². The van der Waals surface area contributed by atoms with Gasteiger partial charge in [-0.15, -0.1) is 0 Å². The van der Waals surface area contributed by atoms with Gasteiger partial charge in [0.25, 0.3) is 0 Å². The van der Waals surface area contributed by atoms with Gasteiger partial charge in [0.2, 0.25) is 0 Å². The van der Waals surface area contributed by atoms with Gasteiger partial charge in [-0.25, -0.2) is 0 Å². The van der Waals surface area contributed by atoms with Gasteiger partial charge in [0.05, 0.1) is 0 Å². The van der Waals surface area contributed by atoms with Gasteiger partial charge in [-0.3, -0.25) is 5.32 Å². The molecule has 0 saturated heterocycles. The van der Waals surface area contributed by atoms with Crippen LogP contribution in [0, 0.1) is 0 Å². The molecule has 2 N–H and O–H groups in total. The Morgan fingerprint density at radius 2 is 2.17 bits per heavy atom. The minimum absolute atomic E-state index is 0.370. The molecule has 0 saturated carbocycles. The predicted octanol–water partition coefficient (Wildman–Crippen LogP) is 1.21. The molecular formula is C10H13NO. The first-order valence-electron chi connectivity index (χ1n) is 4.29. The third-order valence-electron chi connectivity index (χ3n) is 2.32. The van der Waals surface area contributed by atoms with Crippen LogP contribution in [0.2, 0.25) is 0 Å². The first kappa shape index (κ1) is 7.77. The summed E-state index contributed by atoms with van der Waals surface area (Å²) in [4.78, 5) is 0. The van der Waals surface area contributed by atoms with Crippen molar-refractivity contribution < 1.29 is 5.11 Å². The molecule has 1 heterocycles. The molecule has 0 fully saturated rings. The van der Waals surface area contributed by atoms with Gasteiger partial charge in [-0.2, -0.15) is 0 Å². The van der Waals surface area contributed by atoms with Crippen LogP contribution in [0.5, 0.6) is 0 Å². The fraction of sp³-hybridized carbons (Fsp3) is 0.400. The van der Waals surface area contributed by atoms with Gasteiger partial charge in [0.15, 0.2) is 0 Å². The molecule has 1 aliphatic heterocycles. The topological polar surface area (TPSA) is 32.3 Å². The molecule has 2 rings (SSSR count). The molecule has 2 heteroatoms. The van der Waals surface area contributed by atoms with Gasteiger partial charge in [0.1, 0.15) is 6.23 Å².